The predicted octanol–water partition coefficient (Wildman–Crippen LogP) is 2.97. The van der Waals surface area contributed by atoms with Crippen molar-refractivity contribution >= 4 is 23.0 Å². The lowest BCUT2D eigenvalue weighted by molar-refractivity contribution is 0.450. The van der Waals surface area contributed by atoms with Crippen LogP contribution in [-0.2, 0) is 10.8 Å². The van der Waals surface area contributed by atoms with Crippen molar-refractivity contribution in [1.29, 1.82) is 0 Å². The van der Waals surface area contributed by atoms with E-state index in [0.717, 1.165) is 5.56 Å². The van der Waals surface area contributed by atoms with Crippen LogP contribution in [0.3, 0.4) is 0 Å². The summed E-state index contributed by atoms with van der Waals surface area (Å²) in [6.07, 6.45) is 6.87. The zero-order chi connectivity index (χ0) is 15.8. The molecule has 4 nitrogen and oxygen atoms in total. The molecule has 5 heteroatoms. The molecule has 112 valence electrons. The SMILES string of the molecule is CS(C)=O.Oc1ccc(/C=C/c2cc(O)cc(O)c2)cc1. The zero-order valence-electron chi connectivity index (χ0n) is 11.9. The predicted molar refractivity (Wildman–Crippen MR) is 86.8 cm³/mol. The standard InChI is InChI=1S/C14H12O3.C2H6OS/c15-12-5-3-10(4-6-12)1-2-11-7-13(16)9-14(17)8-11;1-4(2)3/h1-9,15-17H;1-2H3/b2-1+;. The van der Waals surface area contributed by atoms with Crippen LogP contribution in [0.2, 0.25) is 0 Å². The molecular weight excluding hydrogens is 288 g/mol. The van der Waals surface area contributed by atoms with Gasteiger partial charge in [0.05, 0.1) is 0 Å². The van der Waals surface area contributed by atoms with Crippen LogP contribution in [0.5, 0.6) is 17.2 Å². The molecule has 3 N–H and O–H groups in total. The highest BCUT2D eigenvalue weighted by atomic mass is 32.2. The number of phenolic OH excluding ortho intramolecular Hbond substituents is 3. The highest BCUT2D eigenvalue weighted by Gasteiger charge is 1.95. The van der Waals surface area contributed by atoms with E-state index in [2.05, 4.69) is 0 Å². The van der Waals surface area contributed by atoms with E-state index in [-0.39, 0.29) is 17.2 Å². The number of benzene rings is 2. The molecule has 0 aliphatic rings. The van der Waals surface area contributed by atoms with Gasteiger partial charge in [0, 0.05) is 29.4 Å². The van der Waals surface area contributed by atoms with Gasteiger partial charge in [0.2, 0.25) is 0 Å². The topological polar surface area (TPSA) is 77.8 Å². The van der Waals surface area contributed by atoms with E-state index in [0.29, 0.717) is 5.56 Å². The molecule has 0 radical (unpaired) electrons. The summed E-state index contributed by atoms with van der Waals surface area (Å²) in [7, 11) is -0.611. The van der Waals surface area contributed by atoms with Gasteiger partial charge in [0.1, 0.15) is 17.2 Å². The van der Waals surface area contributed by atoms with Crippen LogP contribution >= 0.6 is 0 Å². The minimum Gasteiger partial charge on any atom is -0.508 e. The summed E-state index contributed by atoms with van der Waals surface area (Å²) in [5, 5.41) is 27.7. The smallest absolute Gasteiger partial charge is 0.119 e. The second-order valence-electron chi connectivity index (χ2n) is 4.45. The van der Waals surface area contributed by atoms with Crippen LogP contribution in [0.4, 0.5) is 0 Å². The summed E-state index contributed by atoms with van der Waals surface area (Å²) in [5.41, 5.74) is 1.63. The number of aromatic hydroxyl groups is 3. The van der Waals surface area contributed by atoms with E-state index in [1.165, 1.54) is 6.07 Å². The molecule has 0 aliphatic heterocycles. The van der Waals surface area contributed by atoms with Gasteiger partial charge in [-0.1, -0.05) is 24.3 Å². The number of hydrogen-bond acceptors (Lipinski definition) is 4. The molecule has 0 heterocycles. The van der Waals surface area contributed by atoms with Gasteiger partial charge in [0.15, 0.2) is 0 Å². The number of phenols is 3. The summed E-state index contributed by atoms with van der Waals surface area (Å²) in [6.45, 7) is 0. The van der Waals surface area contributed by atoms with E-state index in [4.69, 9.17) is 5.11 Å². The normalized spacial score (nSPS) is 10.4. The molecule has 0 unspecified atom stereocenters. The maximum Gasteiger partial charge on any atom is 0.119 e. The van der Waals surface area contributed by atoms with E-state index in [1.807, 2.05) is 6.08 Å². The molecular formula is C16H18O4S. The van der Waals surface area contributed by atoms with Gasteiger partial charge in [-0.3, -0.25) is 4.21 Å². The third kappa shape index (κ3) is 7.17. The molecule has 2 rings (SSSR count). The minimum absolute atomic E-state index is 0.0235. The highest BCUT2D eigenvalue weighted by molar-refractivity contribution is 7.83. The van der Waals surface area contributed by atoms with Gasteiger partial charge in [0.25, 0.3) is 0 Å². The fraction of sp³-hybridized carbons (Fsp3) is 0.125. The molecule has 21 heavy (non-hydrogen) atoms. The van der Waals surface area contributed by atoms with E-state index < -0.39 is 10.8 Å². The first-order valence-corrected chi connectivity index (χ1v) is 8.08. The van der Waals surface area contributed by atoms with Crippen LogP contribution < -0.4 is 0 Å². The molecule has 0 aromatic heterocycles. The summed E-state index contributed by atoms with van der Waals surface area (Å²) in [5.74, 6) is 0.267. The van der Waals surface area contributed by atoms with Crippen LogP contribution in [0, 0.1) is 0 Å². The summed E-state index contributed by atoms with van der Waals surface area (Å²) < 4.78 is 9.56. The summed E-state index contributed by atoms with van der Waals surface area (Å²) in [4.78, 5) is 0. The van der Waals surface area contributed by atoms with Gasteiger partial charge in [-0.05, 0) is 35.4 Å². The molecule has 0 saturated heterocycles. The second-order valence-corrected chi connectivity index (χ2v) is 5.93. The molecule has 2 aromatic carbocycles. The Hall–Kier alpha value is -2.27. The minimum atomic E-state index is -0.611. The van der Waals surface area contributed by atoms with Crippen molar-refractivity contribution in [2.75, 3.05) is 12.5 Å². The van der Waals surface area contributed by atoms with Crippen molar-refractivity contribution in [2.24, 2.45) is 0 Å². The first-order chi connectivity index (χ1) is 9.86. The highest BCUT2D eigenvalue weighted by Crippen LogP contribution is 2.22. The summed E-state index contributed by atoms with van der Waals surface area (Å²) in [6, 6.07) is 11.1. The average molecular weight is 306 g/mol. The first-order valence-electron chi connectivity index (χ1n) is 6.12. The van der Waals surface area contributed by atoms with Crippen LogP contribution in [-0.4, -0.2) is 32.0 Å². The number of hydrogen-bond donors (Lipinski definition) is 3. The average Bonchev–Trinajstić information content (AvgIpc) is 2.36. The van der Waals surface area contributed by atoms with Gasteiger partial charge < -0.3 is 15.3 Å². The van der Waals surface area contributed by atoms with Gasteiger partial charge in [-0.15, -0.1) is 0 Å². The largest absolute Gasteiger partial charge is 0.508 e. The Morgan fingerprint density at radius 1 is 0.762 bits per heavy atom. The second kappa shape index (κ2) is 8.11. The van der Waals surface area contributed by atoms with Gasteiger partial charge >= 0.3 is 0 Å². The monoisotopic (exact) mass is 306 g/mol. The van der Waals surface area contributed by atoms with Crippen molar-refractivity contribution in [2.45, 2.75) is 0 Å². The fourth-order valence-corrected chi connectivity index (χ4v) is 1.49. The molecule has 0 atom stereocenters. The molecule has 0 bridgehead atoms. The Labute approximate surface area is 126 Å². The van der Waals surface area contributed by atoms with E-state index in [1.54, 1.807) is 55.0 Å². The molecule has 0 amide bonds. The zero-order valence-corrected chi connectivity index (χ0v) is 12.7. The van der Waals surface area contributed by atoms with E-state index >= 15 is 0 Å². The molecule has 2 aromatic rings. The van der Waals surface area contributed by atoms with Crippen molar-refractivity contribution in [3.8, 4) is 17.2 Å². The van der Waals surface area contributed by atoms with E-state index in [9.17, 15) is 14.4 Å². The van der Waals surface area contributed by atoms with Crippen molar-refractivity contribution < 1.29 is 19.5 Å². The lowest BCUT2D eigenvalue weighted by Crippen LogP contribution is -1.74. The lowest BCUT2D eigenvalue weighted by atomic mass is 10.1. The van der Waals surface area contributed by atoms with Crippen molar-refractivity contribution in [3.63, 3.8) is 0 Å². The van der Waals surface area contributed by atoms with Crippen LogP contribution in [0.15, 0.2) is 42.5 Å². The Morgan fingerprint density at radius 2 is 1.19 bits per heavy atom. The molecule has 0 saturated carbocycles. The summed E-state index contributed by atoms with van der Waals surface area (Å²) >= 11 is 0. The molecule has 0 spiro atoms. The van der Waals surface area contributed by atoms with Crippen LogP contribution in [0.1, 0.15) is 11.1 Å². The molecule has 0 fully saturated rings. The Balaban J connectivity index is 0.000000491. The van der Waals surface area contributed by atoms with Gasteiger partial charge in [-0.25, -0.2) is 0 Å². The van der Waals surface area contributed by atoms with Crippen molar-refractivity contribution in [3.05, 3.63) is 53.6 Å². The fourth-order valence-electron chi connectivity index (χ4n) is 1.49. The molecule has 0 aliphatic carbocycles. The maximum absolute atomic E-state index is 9.56. The quantitative estimate of drug-likeness (QED) is 0.745. The third-order valence-electron chi connectivity index (χ3n) is 2.29. The van der Waals surface area contributed by atoms with Crippen molar-refractivity contribution in [1.82, 2.24) is 0 Å². The Kier molecular flexibility index (Phi) is 6.49. The number of rotatable bonds is 2. The Bertz CT molecular complexity index is 609. The first kappa shape index (κ1) is 16.8. The maximum atomic E-state index is 9.56. The van der Waals surface area contributed by atoms with Crippen LogP contribution in [0.25, 0.3) is 12.2 Å². The Morgan fingerprint density at radius 3 is 1.67 bits per heavy atom. The lowest BCUT2D eigenvalue weighted by Gasteiger charge is -1.98. The third-order valence-corrected chi connectivity index (χ3v) is 2.29. The van der Waals surface area contributed by atoms with Gasteiger partial charge in [-0.2, -0.15) is 0 Å².